The molecule has 0 bridgehead atoms. The topological polar surface area (TPSA) is 47.9 Å². The van der Waals surface area contributed by atoms with Crippen molar-refractivity contribution in [2.45, 2.75) is 0 Å². The number of hydrogen-bond donors (Lipinski definition) is 0. The van der Waals surface area contributed by atoms with Crippen molar-refractivity contribution in [3.05, 3.63) is 69.8 Å². The fourth-order valence-corrected chi connectivity index (χ4v) is 2.47. The van der Waals surface area contributed by atoms with E-state index in [1.165, 1.54) is 0 Å². The third-order valence-corrected chi connectivity index (χ3v) is 3.84. The molecule has 0 fully saturated rings. The van der Waals surface area contributed by atoms with Crippen LogP contribution in [0.5, 0.6) is 5.75 Å². The maximum Gasteiger partial charge on any atom is 0.363 e. The van der Waals surface area contributed by atoms with Crippen LogP contribution < -0.4 is 4.74 Å². The van der Waals surface area contributed by atoms with Gasteiger partial charge in [0.2, 0.25) is 5.90 Å². The zero-order chi connectivity index (χ0) is 15.5. The van der Waals surface area contributed by atoms with Crippen molar-refractivity contribution < 1.29 is 14.3 Å². The molecule has 5 heteroatoms. The standard InChI is InChI=1S/C17H12BrNO3/c1-21-12-8-6-11(7-9-12)10-15-17(20)22-16(19-15)13-4-2-3-5-14(13)18/h2-10H,1H3/b15-10-. The molecule has 0 atom stereocenters. The van der Waals surface area contributed by atoms with Crippen molar-refractivity contribution >= 4 is 33.9 Å². The Morgan fingerprint density at radius 1 is 1.14 bits per heavy atom. The lowest BCUT2D eigenvalue weighted by Gasteiger charge is -2.01. The predicted octanol–water partition coefficient (Wildman–Crippen LogP) is 3.80. The van der Waals surface area contributed by atoms with E-state index in [-0.39, 0.29) is 5.70 Å². The summed E-state index contributed by atoms with van der Waals surface area (Å²) >= 11 is 3.42. The van der Waals surface area contributed by atoms with Gasteiger partial charge in [0.05, 0.1) is 12.7 Å². The molecule has 22 heavy (non-hydrogen) atoms. The molecule has 0 N–H and O–H groups in total. The van der Waals surface area contributed by atoms with Gasteiger partial charge in [0.25, 0.3) is 0 Å². The van der Waals surface area contributed by atoms with Crippen molar-refractivity contribution in [2.75, 3.05) is 7.11 Å². The third kappa shape index (κ3) is 2.94. The molecule has 0 saturated carbocycles. The van der Waals surface area contributed by atoms with Crippen LogP contribution in [0.4, 0.5) is 0 Å². The number of rotatable bonds is 3. The lowest BCUT2D eigenvalue weighted by Crippen LogP contribution is -2.05. The van der Waals surface area contributed by atoms with Gasteiger partial charge < -0.3 is 9.47 Å². The number of aliphatic imine (C=N–C) groups is 1. The summed E-state index contributed by atoms with van der Waals surface area (Å²) in [6.45, 7) is 0. The highest BCUT2D eigenvalue weighted by Crippen LogP contribution is 2.24. The van der Waals surface area contributed by atoms with Crippen molar-refractivity contribution in [1.82, 2.24) is 0 Å². The van der Waals surface area contributed by atoms with Gasteiger partial charge in [0, 0.05) is 4.47 Å². The molecule has 2 aromatic rings. The van der Waals surface area contributed by atoms with E-state index in [1.807, 2.05) is 48.5 Å². The summed E-state index contributed by atoms with van der Waals surface area (Å²) in [6, 6.07) is 14.8. The van der Waals surface area contributed by atoms with E-state index in [4.69, 9.17) is 9.47 Å². The third-order valence-electron chi connectivity index (χ3n) is 3.14. The molecule has 2 aromatic carbocycles. The Kier molecular flexibility index (Phi) is 4.06. The highest BCUT2D eigenvalue weighted by atomic mass is 79.9. The number of hydrogen-bond acceptors (Lipinski definition) is 4. The van der Waals surface area contributed by atoms with Gasteiger partial charge in [0.15, 0.2) is 5.70 Å². The van der Waals surface area contributed by atoms with Crippen molar-refractivity contribution in [3.8, 4) is 5.75 Å². The van der Waals surface area contributed by atoms with Crippen LogP contribution in [0.3, 0.4) is 0 Å². The first-order valence-electron chi connectivity index (χ1n) is 6.59. The lowest BCUT2D eigenvalue weighted by molar-refractivity contribution is -0.129. The van der Waals surface area contributed by atoms with E-state index < -0.39 is 5.97 Å². The van der Waals surface area contributed by atoms with Crippen LogP contribution in [0.25, 0.3) is 6.08 Å². The Morgan fingerprint density at radius 2 is 1.86 bits per heavy atom. The number of carbonyl (C=O) groups excluding carboxylic acids is 1. The minimum absolute atomic E-state index is 0.274. The average Bonchev–Trinajstić information content (AvgIpc) is 2.89. The predicted molar refractivity (Wildman–Crippen MR) is 87.7 cm³/mol. The molecule has 1 aliphatic heterocycles. The number of esters is 1. The van der Waals surface area contributed by atoms with Gasteiger partial charge in [-0.2, -0.15) is 0 Å². The molecular formula is C17H12BrNO3. The summed E-state index contributed by atoms with van der Waals surface area (Å²) in [7, 11) is 1.61. The number of ether oxygens (including phenoxy) is 2. The van der Waals surface area contributed by atoms with Crippen LogP contribution >= 0.6 is 15.9 Å². The van der Waals surface area contributed by atoms with Crippen molar-refractivity contribution in [2.24, 2.45) is 4.99 Å². The summed E-state index contributed by atoms with van der Waals surface area (Å²) in [5.41, 5.74) is 1.87. The van der Waals surface area contributed by atoms with Crippen molar-refractivity contribution in [3.63, 3.8) is 0 Å². The smallest absolute Gasteiger partial charge is 0.363 e. The molecule has 0 amide bonds. The quantitative estimate of drug-likeness (QED) is 0.619. The largest absolute Gasteiger partial charge is 0.497 e. The molecule has 0 radical (unpaired) electrons. The Labute approximate surface area is 136 Å². The van der Waals surface area contributed by atoms with E-state index in [2.05, 4.69) is 20.9 Å². The van der Waals surface area contributed by atoms with Crippen LogP contribution in [-0.2, 0) is 9.53 Å². The first kappa shape index (κ1) is 14.5. The first-order valence-corrected chi connectivity index (χ1v) is 7.38. The monoisotopic (exact) mass is 357 g/mol. The highest BCUT2D eigenvalue weighted by molar-refractivity contribution is 9.10. The normalized spacial score (nSPS) is 15.6. The maximum absolute atomic E-state index is 12.0. The van der Waals surface area contributed by atoms with Crippen molar-refractivity contribution in [1.29, 1.82) is 0 Å². The van der Waals surface area contributed by atoms with Gasteiger partial charge in [-0.05, 0) is 51.8 Å². The summed E-state index contributed by atoms with van der Waals surface area (Å²) in [5, 5.41) is 0. The fraction of sp³-hybridized carbons (Fsp3) is 0.0588. The van der Waals surface area contributed by atoms with Gasteiger partial charge in [-0.3, -0.25) is 0 Å². The summed E-state index contributed by atoms with van der Waals surface area (Å²) in [5.74, 6) is 0.604. The average molecular weight is 358 g/mol. The second-order valence-corrected chi connectivity index (χ2v) is 5.44. The summed E-state index contributed by atoms with van der Waals surface area (Å²) < 4.78 is 11.2. The minimum atomic E-state index is -0.457. The Bertz CT molecular complexity index is 779. The number of nitrogens with zero attached hydrogens (tertiary/aromatic N) is 1. The number of halogens is 1. The molecule has 1 aliphatic rings. The molecule has 1 heterocycles. The second kappa shape index (κ2) is 6.15. The molecule has 0 saturated heterocycles. The molecule has 0 unspecified atom stereocenters. The SMILES string of the molecule is COc1ccc(/C=C2\N=C(c3ccccc3Br)OC2=O)cc1. The van der Waals surface area contributed by atoms with Crippen LogP contribution in [0.1, 0.15) is 11.1 Å². The van der Waals surface area contributed by atoms with E-state index in [0.717, 1.165) is 21.3 Å². The van der Waals surface area contributed by atoms with E-state index >= 15 is 0 Å². The highest BCUT2D eigenvalue weighted by Gasteiger charge is 2.25. The zero-order valence-corrected chi connectivity index (χ0v) is 13.3. The maximum atomic E-state index is 12.0. The number of methoxy groups -OCH3 is 1. The van der Waals surface area contributed by atoms with Gasteiger partial charge in [-0.25, -0.2) is 9.79 Å². The van der Waals surface area contributed by atoms with E-state index in [1.54, 1.807) is 13.2 Å². The molecule has 3 rings (SSSR count). The fourth-order valence-electron chi connectivity index (χ4n) is 2.02. The molecule has 110 valence electrons. The molecule has 0 aliphatic carbocycles. The molecule has 0 aromatic heterocycles. The van der Waals surface area contributed by atoms with Crippen LogP contribution in [0.15, 0.2) is 63.7 Å². The summed E-state index contributed by atoms with van der Waals surface area (Å²) in [4.78, 5) is 16.2. The minimum Gasteiger partial charge on any atom is -0.497 e. The van der Waals surface area contributed by atoms with Gasteiger partial charge in [0.1, 0.15) is 5.75 Å². The first-order chi connectivity index (χ1) is 10.7. The lowest BCUT2D eigenvalue weighted by atomic mass is 10.2. The number of cyclic esters (lactones) is 1. The van der Waals surface area contributed by atoms with Gasteiger partial charge in [-0.15, -0.1) is 0 Å². The van der Waals surface area contributed by atoms with Gasteiger partial charge in [-0.1, -0.05) is 24.3 Å². The molecular weight excluding hydrogens is 346 g/mol. The van der Waals surface area contributed by atoms with Crippen LogP contribution in [0, 0.1) is 0 Å². The molecule has 4 nitrogen and oxygen atoms in total. The molecule has 0 spiro atoms. The Balaban J connectivity index is 1.92. The van der Waals surface area contributed by atoms with E-state index in [9.17, 15) is 4.79 Å². The van der Waals surface area contributed by atoms with Crippen LogP contribution in [0.2, 0.25) is 0 Å². The Morgan fingerprint density at radius 3 is 2.55 bits per heavy atom. The summed E-state index contributed by atoms with van der Waals surface area (Å²) in [6.07, 6.45) is 1.69. The van der Waals surface area contributed by atoms with Crippen LogP contribution in [-0.4, -0.2) is 19.0 Å². The second-order valence-electron chi connectivity index (χ2n) is 4.59. The van der Waals surface area contributed by atoms with E-state index in [0.29, 0.717) is 5.90 Å². The number of carbonyl (C=O) groups is 1. The Hall–Kier alpha value is -2.40. The zero-order valence-electron chi connectivity index (χ0n) is 11.7. The van der Waals surface area contributed by atoms with Gasteiger partial charge >= 0.3 is 5.97 Å². The number of benzene rings is 2.